The number of anilines is 1. The number of carbonyl (C=O) groups is 2. The molecule has 102 valence electrons. The Balaban J connectivity index is 2.05. The number of nitrogens with two attached hydrogens (primary N) is 1. The smallest absolute Gasteiger partial charge is 0.328 e. The highest BCUT2D eigenvalue weighted by Crippen LogP contribution is 2.12. The van der Waals surface area contributed by atoms with Gasteiger partial charge in [0, 0.05) is 12.2 Å². The fraction of sp³-hybridized carbons (Fsp3) is 0.385. The SMILES string of the molecule is Nc1ccc(CC(=O)N2CCOCC2C(=O)O)cc1. The number of carbonyl (C=O) groups excluding carboxylic acids is 1. The maximum Gasteiger partial charge on any atom is 0.328 e. The van der Waals surface area contributed by atoms with Gasteiger partial charge in [0.1, 0.15) is 0 Å². The molecule has 0 saturated carbocycles. The van der Waals surface area contributed by atoms with Crippen LogP contribution < -0.4 is 5.73 Å². The molecule has 1 saturated heterocycles. The number of aliphatic carboxylic acids is 1. The molecule has 1 atom stereocenters. The molecular formula is C13H16N2O4. The highest BCUT2D eigenvalue weighted by Gasteiger charge is 2.32. The maximum absolute atomic E-state index is 12.1. The third-order valence-electron chi connectivity index (χ3n) is 3.07. The second-order valence-corrected chi connectivity index (χ2v) is 4.43. The van der Waals surface area contributed by atoms with Gasteiger partial charge in [-0.25, -0.2) is 4.79 Å². The van der Waals surface area contributed by atoms with Crippen molar-refractivity contribution < 1.29 is 19.4 Å². The molecule has 0 spiro atoms. The molecule has 3 N–H and O–H groups in total. The number of hydrogen-bond donors (Lipinski definition) is 2. The number of ether oxygens (including phenoxy) is 1. The Morgan fingerprint density at radius 1 is 1.37 bits per heavy atom. The lowest BCUT2D eigenvalue weighted by Gasteiger charge is -2.32. The van der Waals surface area contributed by atoms with Gasteiger partial charge in [0.15, 0.2) is 6.04 Å². The second kappa shape index (κ2) is 5.71. The van der Waals surface area contributed by atoms with E-state index in [1.165, 1.54) is 4.90 Å². The fourth-order valence-electron chi connectivity index (χ4n) is 2.02. The Hall–Kier alpha value is -2.08. The quantitative estimate of drug-likeness (QED) is 0.757. The third-order valence-corrected chi connectivity index (χ3v) is 3.07. The molecule has 1 aliphatic heterocycles. The average Bonchev–Trinajstić information content (AvgIpc) is 2.41. The van der Waals surface area contributed by atoms with Crippen molar-refractivity contribution in [3.05, 3.63) is 29.8 Å². The summed E-state index contributed by atoms with van der Waals surface area (Å²) in [5, 5.41) is 9.07. The monoisotopic (exact) mass is 264 g/mol. The van der Waals surface area contributed by atoms with Crippen molar-refractivity contribution in [1.29, 1.82) is 0 Å². The number of rotatable bonds is 3. The largest absolute Gasteiger partial charge is 0.480 e. The number of carboxylic acid groups (broad SMARTS) is 1. The molecule has 0 bridgehead atoms. The van der Waals surface area contributed by atoms with Crippen LogP contribution in [0.1, 0.15) is 5.56 Å². The Morgan fingerprint density at radius 2 is 2.05 bits per heavy atom. The molecule has 1 amide bonds. The van der Waals surface area contributed by atoms with Crippen LogP contribution in [0.4, 0.5) is 5.69 Å². The summed E-state index contributed by atoms with van der Waals surface area (Å²) < 4.78 is 5.10. The lowest BCUT2D eigenvalue weighted by molar-refractivity contribution is -0.158. The summed E-state index contributed by atoms with van der Waals surface area (Å²) >= 11 is 0. The second-order valence-electron chi connectivity index (χ2n) is 4.43. The molecule has 1 fully saturated rings. The number of benzene rings is 1. The van der Waals surface area contributed by atoms with E-state index in [0.717, 1.165) is 5.56 Å². The molecule has 1 aliphatic rings. The molecule has 6 heteroatoms. The zero-order chi connectivity index (χ0) is 13.8. The van der Waals surface area contributed by atoms with Gasteiger partial charge in [-0.3, -0.25) is 4.79 Å². The van der Waals surface area contributed by atoms with Crippen LogP contribution in [0.2, 0.25) is 0 Å². The van der Waals surface area contributed by atoms with Crippen LogP contribution in [-0.4, -0.2) is 47.7 Å². The van der Waals surface area contributed by atoms with Crippen LogP contribution in [0.3, 0.4) is 0 Å². The van der Waals surface area contributed by atoms with Gasteiger partial charge in [-0.15, -0.1) is 0 Å². The number of hydrogen-bond acceptors (Lipinski definition) is 4. The summed E-state index contributed by atoms with van der Waals surface area (Å²) in [6, 6.07) is 6.08. The van der Waals surface area contributed by atoms with Crippen LogP contribution in [0.25, 0.3) is 0 Å². The van der Waals surface area contributed by atoms with E-state index in [1.807, 2.05) is 0 Å². The number of morpholine rings is 1. The summed E-state index contributed by atoms with van der Waals surface area (Å²) in [5.41, 5.74) is 7.02. The first kappa shape index (κ1) is 13.4. The van der Waals surface area contributed by atoms with Gasteiger partial charge < -0.3 is 20.5 Å². The van der Waals surface area contributed by atoms with Gasteiger partial charge in [-0.1, -0.05) is 12.1 Å². The van der Waals surface area contributed by atoms with Gasteiger partial charge in [-0.2, -0.15) is 0 Å². The van der Waals surface area contributed by atoms with Crippen molar-refractivity contribution in [2.45, 2.75) is 12.5 Å². The molecule has 0 aromatic heterocycles. The molecular weight excluding hydrogens is 248 g/mol. The van der Waals surface area contributed by atoms with E-state index in [4.69, 9.17) is 15.6 Å². The van der Waals surface area contributed by atoms with E-state index in [9.17, 15) is 9.59 Å². The van der Waals surface area contributed by atoms with Crippen molar-refractivity contribution in [3.63, 3.8) is 0 Å². The highest BCUT2D eigenvalue weighted by molar-refractivity contribution is 5.85. The summed E-state index contributed by atoms with van der Waals surface area (Å²) in [7, 11) is 0. The molecule has 6 nitrogen and oxygen atoms in total. The van der Waals surface area contributed by atoms with Gasteiger partial charge in [-0.05, 0) is 17.7 Å². The predicted molar refractivity (Wildman–Crippen MR) is 68.5 cm³/mol. The lowest BCUT2D eigenvalue weighted by atomic mass is 10.1. The lowest BCUT2D eigenvalue weighted by Crippen LogP contribution is -2.53. The molecule has 19 heavy (non-hydrogen) atoms. The van der Waals surface area contributed by atoms with Crippen molar-refractivity contribution >= 4 is 17.6 Å². The normalized spacial score (nSPS) is 19.2. The van der Waals surface area contributed by atoms with Crippen LogP contribution >= 0.6 is 0 Å². The number of amides is 1. The van der Waals surface area contributed by atoms with Crippen LogP contribution in [-0.2, 0) is 20.7 Å². The Bertz CT molecular complexity index is 472. The van der Waals surface area contributed by atoms with Crippen molar-refractivity contribution in [1.82, 2.24) is 4.90 Å². The molecule has 1 unspecified atom stereocenters. The van der Waals surface area contributed by atoms with Crippen molar-refractivity contribution in [2.75, 3.05) is 25.5 Å². The fourth-order valence-corrected chi connectivity index (χ4v) is 2.02. The predicted octanol–water partition coefficient (Wildman–Crippen LogP) is 0.123. The van der Waals surface area contributed by atoms with Gasteiger partial charge in [0.2, 0.25) is 5.91 Å². The van der Waals surface area contributed by atoms with E-state index < -0.39 is 12.0 Å². The highest BCUT2D eigenvalue weighted by atomic mass is 16.5. The molecule has 0 aliphatic carbocycles. The molecule has 0 radical (unpaired) electrons. The average molecular weight is 264 g/mol. The van der Waals surface area contributed by atoms with E-state index in [-0.39, 0.29) is 18.9 Å². The van der Waals surface area contributed by atoms with Gasteiger partial charge in [0.25, 0.3) is 0 Å². The summed E-state index contributed by atoms with van der Waals surface area (Å²) in [4.78, 5) is 24.6. The van der Waals surface area contributed by atoms with Gasteiger partial charge >= 0.3 is 5.97 Å². The van der Waals surface area contributed by atoms with Crippen LogP contribution in [0.15, 0.2) is 24.3 Å². The first-order valence-corrected chi connectivity index (χ1v) is 6.02. The zero-order valence-electron chi connectivity index (χ0n) is 10.4. The molecule has 2 rings (SSSR count). The standard InChI is InChI=1S/C13H16N2O4/c14-10-3-1-9(2-4-10)7-12(16)15-5-6-19-8-11(15)13(17)18/h1-4,11H,5-8,14H2,(H,17,18). The summed E-state index contributed by atoms with van der Waals surface area (Å²) in [6.07, 6.45) is 0.171. The summed E-state index contributed by atoms with van der Waals surface area (Å²) in [5.74, 6) is -1.24. The van der Waals surface area contributed by atoms with E-state index in [1.54, 1.807) is 24.3 Å². The molecule has 1 aromatic carbocycles. The van der Waals surface area contributed by atoms with Crippen LogP contribution in [0.5, 0.6) is 0 Å². The Morgan fingerprint density at radius 3 is 2.68 bits per heavy atom. The molecule has 1 aromatic rings. The Labute approximate surface area is 110 Å². The van der Waals surface area contributed by atoms with E-state index in [2.05, 4.69) is 0 Å². The Kier molecular flexibility index (Phi) is 4.01. The first-order chi connectivity index (χ1) is 9.08. The minimum Gasteiger partial charge on any atom is -0.480 e. The van der Waals surface area contributed by atoms with Gasteiger partial charge in [0.05, 0.1) is 19.6 Å². The van der Waals surface area contributed by atoms with Crippen molar-refractivity contribution in [3.8, 4) is 0 Å². The summed E-state index contributed by atoms with van der Waals surface area (Å²) in [6.45, 7) is 0.727. The minimum atomic E-state index is -1.04. The van der Waals surface area contributed by atoms with E-state index in [0.29, 0.717) is 18.8 Å². The third kappa shape index (κ3) is 3.23. The zero-order valence-corrected chi connectivity index (χ0v) is 10.4. The minimum absolute atomic E-state index is 0.0445. The first-order valence-electron chi connectivity index (χ1n) is 6.02. The number of nitrogens with zero attached hydrogens (tertiary/aromatic N) is 1. The van der Waals surface area contributed by atoms with Crippen molar-refractivity contribution in [2.24, 2.45) is 0 Å². The van der Waals surface area contributed by atoms with E-state index >= 15 is 0 Å². The number of carboxylic acids is 1. The maximum atomic E-state index is 12.1. The van der Waals surface area contributed by atoms with Crippen LogP contribution in [0, 0.1) is 0 Å². The number of nitrogen functional groups attached to an aromatic ring is 1. The molecule has 1 heterocycles. The topological polar surface area (TPSA) is 92.9 Å².